The van der Waals surface area contributed by atoms with E-state index in [0.717, 1.165) is 51.1 Å². The van der Waals surface area contributed by atoms with E-state index < -0.39 is 6.36 Å². The molecule has 1 fully saturated rings. The molecule has 0 unspecified atom stereocenters. The minimum absolute atomic E-state index is 0.168. The van der Waals surface area contributed by atoms with Crippen LogP contribution in [0.5, 0.6) is 5.75 Å². The number of alkyl halides is 3. The van der Waals surface area contributed by atoms with Crippen LogP contribution in [0.3, 0.4) is 0 Å². The Bertz CT molecular complexity index is 400. The molecule has 3 nitrogen and oxygen atoms in total. The van der Waals surface area contributed by atoms with Crippen LogP contribution in [-0.4, -0.2) is 44.0 Å². The van der Waals surface area contributed by atoms with E-state index in [-0.39, 0.29) is 5.75 Å². The van der Waals surface area contributed by atoms with Gasteiger partial charge in [-0.1, -0.05) is 12.1 Å². The predicted octanol–water partition coefficient (Wildman–Crippen LogP) is 2.44. The first-order chi connectivity index (χ1) is 9.53. The van der Waals surface area contributed by atoms with Gasteiger partial charge in [0, 0.05) is 26.2 Å². The highest BCUT2D eigenvalue weighted by Gasteiger charge is 2.30. The highest BCUT2D eigenvalue weighted by molar-refractivity contribution is 5.27. The Kier molecular flexibility index (Phi) is 5.25. The summed E-state index contributed by atoms with van der Waals surface area (Å²) < 4.78 is 39.9. The van der Waals surface area contributed by atoms with Crippen LogP contribution in [0.4, 0.5) is 13.2 Å². The molecule has 1 aromatic rings. The van der Waals surface area contributed by atoms with Gasteiger partial charge in [0.2, 0.25) is 0 Å². The zero-order chi connectivity index (χ0) is 14.4. The molecule has 1 radical (unpaired) electrons. The lowest BCUT2D eigenvalue weighted by Gasteiger charge is -2.26. The molecule has 0 amide bonds. The molecule has 111 valence electrons. The van der Waals surface area contributed by atoms with E-state index in [9.17, 15) is 13.2 Å². The van der Waals surface area contributed by atoms with E-state index in [0.29, 0.717) is 0 Å². The summed E-state index contributed by atoms with van der Waals surface area (Å²) in [5.74, 6) is -0.168. The summed E-state index contributed by atoms with van der Waals surface area (Å²) in [4.78, 5) is 2.37. The summed E-state index contributed by atoms with van der Waals surface area (Å²) in [6, 6.07) is 6.10. The van der Waals surface area contributed by atoms with E-state index >= 15 is 0 Å². The predicted molar refractivity (Wildman–Crippen MR) is 69.8 cm³/mol. The Morgan fingerprint density at radius 1 is 1.10 bits per heavy atom. The minimum atomic E-state index is -4.62. The summed E-state index contributed by atoms with van der Waals surface area (Å²) in [6.45, 7) is 4.85. The Balaban J connectivity index is 1.73. The first-order valence-corrected chi connectivity index (χ1v) is 6.73. The van der Waals surface area contributed by atoms with E-state index in [1.165, 1.54) is 12.1 Å². The van der Waals surface area contributed by atoms with Crippen LogP contribution in [0.2, 0.25) is 0 Å². The quantitative estimate of drug-likeness (QED) is 0.831. The molecular formula is C14H18F3N2O. The third-order valence-electron chi connectivity index (χ3n) is 3.25. The van der Waals surface area contributed by atoms with E-state index in [4.69, 9.17) is 0 Å². The summed E-state index contributed by atoms with van der Waals surface area (Å²) in [6.07, 6.45) is -2.76. The van der Waals surface area contributed by atoms with E-state index in [1.807, 2.05) is 0 Å². The molecule has 2 rings (SSSR count). The number of nitrogens with zero attached hydrogens (tertiary/aromatic N) is 2. The van der Waals surface area contributed by atoms with Crippen LogP contribution >= 0.6 is 0 Å². The van der Waals surface area contributed by atoms with Crippen molar-refractivity contribution in [2.75, 3.05) is 32.7 Å². The lowest BCUT2D eigenvalue weighted by Crippen LogP contribution is -2.40. The maximum atomic E-state index is 12.0. The van der Waals surface area contributed by atoms with Crippen molar-refractivity contribution < 1.29 is 17.9 Å². The monoisotopic (exact) mass is 287 g/mol. The molecule has 1 saturated heterocycles. The number of halogens is 3. The van der Waals surface area contributed by atoms with Crippen LogP contribution in [0.15, 0.2) is 24.3 Å². The normalized spacial score (nSPS) is 17.1. The molecule has 1 aliphatic heterocycles. The minimum Gasteiger partial charge on any atom is -0.406 e. The van der Waals surface area contributed by atoms with Crippen molar-refractivity contribution in [1.82, 2.24) is 10.2 Å². The second kappa shape index (κ2) is 6.95. The summed E-state index contributed by atoms with van der Waals surface area (Å²) in [5.41, 5.74) is 1.03. The lowest BCUT2D eigenvalue weighted by molar-refractivity contribution is -0.274. The third kappa shape index (κ3) is 5.38. The molecule has 0 saturated carbocycles. The van der Waals surface area contributed by atoms with Crippen LogP contribution in [0.25, 0.3) is 0 Å². The number of hydrogen-bond donors (Lipinski definition) is 0. The Hall–Kier alpha value is -1.27. The van der Waals surface area contributed by atoms with Crippen LogP contribution in [0, 0.1) is 0 Å². The number of piperazine rings is 1. The average Bonchev–Trinajstić information content (AvgIpc) is 2.40. The SMILES string of the molecule is FC(F)(F)Oc1ccc(CCCN2CC[N]CC2)cc1. The fourth-order valence-electron chi connectivity index (χ4n) is 2.24. The zero-order valence-corrected chi connectivity index (χ0v) is 11.2. The maximum Gasteiger partial charge on any atom is 0.573 e. The highest BCUT2D eigenvalue weighted by Crippen LogP contribution is 2.23. The molecular weight excluding hydrogens is 269 g/mol. The third-order valence-corrected chi connectivity index (χ3v) is 3.25. The van der Waals surface area contributed by atoms with Gasteiger partial charge in [0.15, 0.2) is 0 Å². The smallest absolute Gasteiger partial charge is 0.406 e. The lowest BCUT2D eigenvalue weighted by atomic mass is 10.1. The van der Waals surface area contributed by atoms with Crippen molar-refractivity contribution >= 4 is 0 Å². The average molecular weight is 287 g/mol. The molecule has 20 heavy (non-hydrogen) atoms. The second-order valence-electron chi connectivity index (χ2n) is 4.81. The number of aryl methyl sites for hydroxylation is 1. The van der Waals surface area contributed by atoms with Crippen molar-refractivity contribution in [3.63, 3.8) is 0 Å². The second-order valence-corrected chi connectivity index (χ2v) is 4.81. The molecule has 0 bridgehead atoms. The topological polar surface area (TPSA) is 26.6 Å². The van der Waals surface area contributed by atoms with Crippen molar-refractivity contribution in [2.24, 2.45) is 0 Å². The first-order valence-electron chi connectivity index (χ1n) is 6.73. The first kappa shape index (κ1) is 15.1. The fraction of sp³-hybridized carbons (Fsp3) is 0.571. The largest absolute Gasteiger partial charge is 0.573 e. The van der Waals surface area contributed by atoms with Gasteiger partial charge in [0.1, 0.15) is 5.75 Å². The van der Waals surface area contributed by atoms with Crippen LogP contribution < -0.4 is 10.1 Å². The van der Waals surface area contributed by atoms with Gasteiger partial charge in [-0.25, -0.2) is 5.32 Å². The van der Waals surface area contributed by atoms with E-state index in [2.05, 4.69) is 15.0 Å². The Morgan fingerprint density at radius 3 is 2.35 bits per heavy atom. The molecule has 0 N–H and O–H groups in total. The summed E-state index contributed by atoms with van der Waals surface area (Å²) in [7, 11) is 0. The molecule has 0 atom stereocenters. The molecule has 1 aliphatic rings. The number of ether oxygens (including phenoxy) is 1. The van der Waals surface area contributed by atoms with Gasteiger partial charge >= 0.3 is 6.36 Å². The van der Waals surface area contributed by atoms with Gasteiger partial charge in [-0.3, -0.25) is 0 Å². The molecule has 0 aliphatic carbocycles. The fourth-order valence-corrected chi connectivity index (χ4v) is 2.24. The molecule has 0 aromatic heterocycles. The van der Waals surface area contributed by atoms with Crippen molar-refractivity contribution in [2.45, 2.75) is 19.2 Å². The number of hydrogen-bond acceptors (Lipinski definition) is 2. The number of rotatable bonds is 5. The standard InChI is InChI=1S/C14H18F3N2O/c15-14(16,17)20-13-5-3-12(4-6-13)2-1-9-19-10-7-18-8-11-19/h3-6H,1-2,7-11H2. The number of benzene rings is 1. The zero-order valence-electron chi connectivity index (χ0n) is 11.2. The van der Waals surface area contributed by atoms with Gasteiger partial charge < -0.3 is 9.64 Å². The van der Waals surface area contributed by atoms with Gasteiger partial charge in [0.05, 0.1) is 0 Å². The molecule has 0 spiro atoms. The van der Waals surface area contributed by atoms with E-state index in [1.54, 1.807) is 12.1 Å². The van der Waals surface area contributed by atoms with Crippen LogP contribution in [0.1, 0.15) is 12.0 Å². The Labute approximate surface area is 116 Å². The van der Waals surface area contributed by atoms with Crippen molar-refractivity contribution in [1.29, 1.82) is 0 Å². The summed E-state index contributed by atoms with van der Waals surface area (Å²) in [5, 5.41) is 4.29. The van der Waals surface area contributed by atoms with Crippen LogP contribution in [-0.2, 0) is 6.42 Å². The van der Waals surface area contributed by atoms with Crippen molar-refractivity contribution in [3.8, 4) is 5.75 Å². The summed E-state index contributed by atoms with van der Waals surface area (Å²) >= 11 is 0. The molecule has 1 aromatic carbocycles. The van der Waals surface area contributed by atoms with Gasteiger partial charge in [-0.15, -0.1) is 13.2 Å². The highest BCUT2D eigenvalue weighted by atomic mass is 19.4. The Morgan fingerprint density at radius 2 is 1.75 bits per heavy atom. The maximum absolute atomic E-state index is 12.0. The molecule has 1 heterocycles. The van der Waals surface area contributed by atoms with Gasteiger partial charge in [-0.05, 0) is 37.1 Å². The van der Waals surface area contributed by atoms with Crippen molar-refractivity contribution in [3.05, 3.63) is 29.8 Å². The van der Waals surface area contributed by atoms with Gasteiger partial charge in [-0.2, -0.15) is 0 Å². The molecule has 6 heteroatoms. The van der Waals surface area contributed by atoms with Gasteiger partial charge in [0.25, 0.3) is 0 Å².